The van der Waals surface area contributed by atoms with Crippen LogP contribution < -0.4 is 0 Å². The molecular weight excluding hydrogens is 373 g/mol. The van der Waals surface area contributed by atoms with Crippen molar-refractivity contribution in [1.82, 2.24) is 0 Å². The highest BCUT2D eigenvalue weighted by atomic mass is 19.1. The van der Waals surface area contributed by atoms with Crippen molar-refractivity contribution in [3.8, 4) is 11.8 Å². The van der Waals surface area contributed by atoms with E-state index in [0.29, 0.717) is 28.9 Å². The maximum absolute atomic E-state index is 14.2. The van der Waals surface area contributed by atoms with Gasteiger partial charge in [-0.05, 0) is 79.1 Å². The topological polar surface area (TPSA) is 24.7 Å². The van der Waals surface area contributed by atoms with E-state index in [2.05, 4.69) is 22.1 Å². The third kappa shape index (κ3) is 5.79. The molecule has 0 spiro atoms. The molecule has 0 aliphatic heterocycles. The Hall–Kier alpha value is -3.39. The highest BCUT2D eigenvalue weighted by Gasteiger charge is 2.09. The minimum Gasteiger partial charge on any atom is -0.207 e. The summed E-state index contributed by atoms with van der Waals surface area (Å²) in [5.74, 6) is 3.71. The third-order valence-electron chi connectivity index (χ3n) is 4.23. The molecule has 5 heteroatoms. The summed E-state index contributed by atoms with van der Waals surface area (Å²) in [5.41, 5.74) is 2.12. The van der Waals surface area contributed by atoms with Crippen molar-refractivity contribution in [2.45, 2.75) is 26.2 Å². The van der Waals surface area contributed by atoms with Crippen LogP contribution in [0.4, 0.5) is 24.5 Å². The van der Waals surface area contributed by atoms with Gasteiger partial charge in [0.15, 0.2) is 0 Å². The number of azo groups is 1. The number of aryl methyl sites for hydroxylation is 1. The lowest BCUT2D eigenvalue weighted by Gasteiger charge is -2.03. The van der Waals surface area contributed by atoms with Gasteiger partial charge in [0.05, 0.1) is 16.9 Å². The lowest BCUT2D eigenvalue weighted by Crippen LogP contribution is -1.95. The molecule has 0 radical (unpaired) electrons. The molecule has 0 aliphatic carbocycles. The number of halogens is 3. The molecule has 0 amide bonds. The second-order valence-corrected chi connectivity index (χ2v) is 6.51. The maximum Gasteiger partial charge on any atom is 0.142 e. The van der Waals surface area contributed by atoms with E-state index in [4.69, 9.17) is 0 Å². The predicted molar refractivity (Wildman–Crippen MR) is 108 cm³/mol. The summed E-state index contributed by atoms with van der Waals surface area (Å²) in [4.78, 5) is 0. The van der Waals surface area contributed by atoms with Crippen molar-refractivity contribution in [2.24, 2.45) is 10.2 Å². The highest BCUT2D eigenvalue weighted by Crippen LogP contribution is 2.19. The van der Waals surface area contributed by atoms with E-state index in [1.54, 1.807) is 24.3 Å². The molecular formula is C24H19F3N2. The predicted octanol–water partition coefficient (Wildman–Crippen LogP) is 7.26. The molecule has 0 unspecified atom stereocenters. The molecule has 0 saturated carbocycles. The third-order valence-corrected chi connectivity index (χ3v) is 4.23. The largest absolute Gasteiger partial charge is 0.207 e. The van der Waals surface area contributed by atoms with Crippen molar-refractivity contribution < 1.29 is 13.2 Å². The van der Waals surface area contributed by atoms with Crippen molar-refractivity contribution >= 4 is 11.4 Å². The van der Waals surface area contributed by atoms with Gasteiger partial charge in [-0.25, -0.2) is 13.2 Å². The van der Waals surface area contributed by atoms with Gasteiger partial charge in [-0.3, -0.25) is 0 Å². The Morgan fingerprint density at radius 1 is 0.759 bits per heavy atom. The summed E-state index contributed by atoms with van der Waals surface area (Å²) in [6.45, 7) is 2.03. The smallest absolute Gasteiger partial charge is 0.142 e. The SMILES string of the molecule is CCCCc1cc(F)c(C#Cc2ccc(N=Nc3ccc(F)cc3)cc2)c(F)c1. The average Bonchev–Trinajstić information content (AvgIpc) is 2.72. The summed E-state index contributed by atoms with van der Waals surface area (Å²) < 4.78 is 41.3. The number of benzene rings is 3. The van der Waals surface area contributed by atoms with Crippen LogP contribution >= 0.6 is 0 Å². The molecule has 0 atom stereocenters. The van der Waals surface area contributed by atoms with Gasteiger partial charge in [-0.1, -0.05) is 25.2 Å². The Labute approximate surface area is 168 Å². The Bertz CT molecular complexity index is 1040. The van der Waals surface area contributed by atoms with E-state index in [9.17, 15) is 13.2 Å². The molecule has 0 aromatic heterocycles. The van der Waals surface area contributed by atoms with Gasteiger partial charge >= 0.3 is 0 Å². The summed E-state index contributed by atoms with van der Waals surface area (Å²) >= 11 is 0. The quantitative estimate of drug-likeness (QED) is 0.322. The molecule has 3 aromatic rings. The molecule has 0 aliphatic rings. The average molecular weight is 392 g/mol. The molecule has 0 fully saturated rings. The van der Waals surface area contributed by atoms with Crippen LogP contribution in [0.25, 0.3) is 0 Å². The van der Waals surface area contributed by atoms with Crippen molar-refractivity contribution in [3.63, 3.8) is 0 Å². The van der Waals surface area contributed by atoms with E-state index < -0.39 is 11.6 Å². The lowest BCUT2D eigenvalue weighted by atomic mass is 10.0. The number of rotatable bonds is 5. The van der Waals surface area contributed by atoms with Gasteiger partial charge in [-0.15, -0.1) is 0 Å². The lowest BCUT2D eigenvalue weighted by molar-refractivity contribution is 0.572. The fourth-order valence-electron chi connectivity index (χ4n) is 2.64. The van der Waals surface area contributed by atoms with Gasteiger partial charge < -0.3 is 0 Å². The molecule has 0 heterocycles. The fraction of sp³-hybridized carbons (Fsp3) is 0.167. The van der Waals surface area contributed by atoms with Gasteiger partial charge in [0.25, 0.3) is 0 Å². The number of unbranched alkanes of at least 4 members (excludes halogenated alkanes) is 1. The van der Waals surface area contributed by atoms with Crippen LogP contribution in [0.2, 0.25) is 0 Å². The molecule has 3 rings (SSSR count). The summed E-state index contributed by atoms with van der Waals surface area (Å²) in [6, 6.07) is 15.1. The van der Waals surface area contributed by atoms with Gasteiger partial charge in [0.2, 0.25) is 0 Å². The Kier molecular flexibility index (Phi) is 6.80. The fourth-order valence-corrected chi connectivity index (χ4v) is 2.64. The van der Waals surface area contributed by atoms with E-state index in [0.717, 1.165) is 12.8 Å². The van der Waals surface area contributed by atoms with Gasteiger partial charge in [0, 0.05) is 5.56 Å². The molecule has 29 heavy (non-hydrogen) atoms. The summed E-state index contributed by atoms with van der Waals surface area (Å²) in [5, 5.41) is 8.08. The molecule has 0 N–H and O–H groups in total. The van der Waals surface area contributed by atoms with E-state index in [1.165, 1.54) is 36.4 Å². The summed E-state index contributed by atoms with van der Waals surface area (Å²) in [7, 11) is 0. The van der Waals surface area contributed by atoms with Crippen molar-refractivity contribution in [1.29, 1.82) is 0 Å². The normalized spacial score (nSPS) is 10.8. The Morgan fingerprint density at radius 2 is 1.31 bits per heavy atom. The van der Waals surface area contributed by atoms with Crippen LogP contribution in [0.1, 0.15) is 36.5 Å². The van der Waals surface area contributed by atoms with Crippen LogP contribution in [0, 0.1) is 29.3 Å². The molecule has 0 saturated heterocycles. The van der Waals surface area contributed by atoms with E-state index in [1.807, 2.05) is 6.92 Å². The van der Waals surface area contributed by atoms with Crippen LogP contribution in [-0.2, 0) is 6.42 Å². The van der Waals surface area contributed by atoms with Crippen LogP contribution in [-0.4, -0.2) is 0 Å². The van der Waals surface area contributed by atoms with Gasteiger partial charge in [-0.2, -0.15) is 10.2 Å². The number of nitrogens with zero attached hydrogens (tertiary/aromatic N) is 2. The highest BCUT2D eigenvalue weighted by molar-refractivity contribution is 5.49. The Balaban J connectivity index is 1.72. The van der Waals surface area contributed by atoms with Crippen LogP contribution in [0.5, 0.6) is 0 Å². The molecule has 146 valence electrons. The standard InChI is InChI=1S/C24H19F3N2/c1-2-3-4-18-15-23(26)22(24(27)16-18)14-7-17-5-10-20(11-6-17)28-29-21-12-8-19(25)9-13-21/h5-6,8-13,15-16H,2-4H2,1H3. The Morgan fingerprint density at radius 3 is 1.86 bits per heavy atom. The van der Waals surface area contributed by atoms with Crippen LogP contribution in [0.3, 0.4) is 0 Å². The first kappa shape index (κ1) is 20.3. The molecule has 0 bridgehead atoms. The minimum atomic E-state index is -0.645. The second kappa shape index (κ2) is 9.70. The maximum atomic E-state index is 14.2. The monoisotopic (exact) mass is 392 g/mol. The minimum absolute atomic E-state index is 0.231. The number of hydrogen-bond acceptors (Lipinski definition) is 2. The van der Waals surface area contributed by atoms with E-state index in [-0.39, 0.29) is 11.4 Å². The molecule has 3 aromatic carbocycles. The van der Waals surface area contributed by atoms with Crippen LogP contribution in [0.15, 0.2) is 70.9 Å². The zero-order valence-corrected chi connectivity index (χ0v) is 15.9. The van der Waals surface area contributed by atoms with E-state index >= 15 is 0 Å². The second-order valence-electron chi connectivity index (χ2n) is 6.51. The first-order valence-electron chi connectivity index (χ1n) is 9.32. The van der Waals surface area contributed by atoms with Gasteiger partial charge in [0.1, 0.15) is 17.5 Å². The zero-order valence-electron chi connectivity index (χ0n) is 15.9. The molecule has 2 nitrogen and oxygen atoms in total. The number of hydrogen-bond donors (Lipinski definition) is 0. The first-order valence-corrected chi connectivity index (χ1v) is 9.32. The van der Waals surface area contributed by atoms with Crippen molar-refractivity contribution in [3.05, 3.63) is 94.8 Å². The first-order chi connectivity index (χ1) is 14.0. The summed E-state index contributed by atoms with van der Waals surface area (Å²) in [6.07, 6.45) is 2.49. The van der Waals surface area contributed by atoms with Crippen molar-refractivity contribution in [2.75, 3.05) is 0 Å². The zero-order chi connectivity index (χ0) is 20.6.